The van der Waals surface area contributed by atoms with Crippen LogP contribution in [0.3, 0.4) is 0 Å². The number of hydrogen-bond acceptors (Lipinski definition) is 4. The molecule has 126 valence electrons. The van der Waals surface area contributed by atoms with Crippen molar-refractivity contribution in [1.29, 1.82) is 0 Å². The number of methoxy groups -OCH3 is 1. The molecular weight excluding hydrogens is 308 g/mol. The van der Waals surface area contributed by atoms with E-state index in [0.717, 1.165) is 5.56 Å². The van der Waals surface area contributed by atoms with Crippen molar-refractivity contribution in [3.05, 3.63) is 54.1 Å². The highest BCUT2D eigenvalue weighted by Crippen LogP contribution is 2.22. The molecule has 6 nitrogen and oxygen atoms in total. The molecule has 0 aromatic heterocycles. The number of hydrogen-bond donors (Lipinski definition) is 2. The number of benzene rings is 2. The summed E-state index contributed by atoms with van der Waals surface area (Å²) in [6.07, 6.45) is 0. The van der Waals surface area contributed by atoms with Crippen LogP contribution in [0, 0.1) is 6.92 Å². The summed E-state index contributed by atoms with van der Waals surface area (Å²) in [5.74, 6) is -0.114. The van der Waals surface area contributed by atoms with E-state index in [1.165, 1.54) is 7.11 Å². The number of rotatable bonds is 7. The van der Waals surface area contributed by atoms with Crippen LogP contribution in [0.4, 0.5) is 11.4 Å². The van der Waals surface area contributed by atoms with Crippen LogP contribution < -0.4 is 15.4 Å². The largest absolute Gasteiger partial charge is 0.495 e. The van der Waals surface area contributed by atoms with Gasteiger partial charge in [0.25, 0.3) is 0 Å². The van der Waals surface area contributed by atoms with Gasteiger partial charge in [-0.05, 0) is 36.8 Å². The molecule has 0 bridgehead atoms. The quantitative estimate of drug-likeness (QED) is 0.819. The maximum atomic E-state index is 11.8. The lowest BCUT2D eigenvalue weighted by Crippen LogP contribution is -2.24. The molecule has 0 aliphatic carbocycles. The van der Waals surface area contributed by atoms with E-state index in [2.05, 4.69) is 10.6 Å². The lowest BCUT2D eigenvalue weighted by molar-refractivity contribution is -0.125. The van der Waals surface area contributed by atoms with Gasteiger partial charge in [-0.2, -0.15) is 0 Å². The third kappa shape index (κ3) is 5.40. The molecular formula is C18H20N2O4. The average Bonchev–Trinajstić information content (AvgIpc) is 2.55. The minimum Gasteiger partial charge on any atom is -0.495 e. The summed E-state index contributed by atoms with van der Waals surface area (Å²) in [6.45, 7) is 1.51. The number of ether oxygens (including phenoxy) is 2. The van der Waals surface area contributed by atoms with Crippen LogP contribution in [0.2, 0.25) is 0 Å². The second-order valence-electron chi connectivity index (χ2n) is 5.16. The molecule has 2 aromatic rings. The van der Waals surface area contributed by atoms with Crippen molar-refractivity contribution in [3.8, 4) is 5.75 Å². The van der Waals surface area contributed by atoms with E-state index in [1.807, 2.05) is 25.1 Å². The molecule has 2 rings (SSSR count). The van der Waals surface area contributed by atoms with E-state index in [0.29, 0.717) is 17.1 Å². The molecule has 0 atom stereocenters. The zero-order valence-electron chi connectivity index (χ0n) is 13.7. The van der Waals surface area contributed by atoms with Crippen LogP contribution in [-0.2, 0) is 14.3 Å². The van der Waals surface area contributed by atoms with E-state index in [9.17, 15) is 9.59 Å². The maximum absolute atomic E-state index is 11.8. The number of amides is 2. The third-order valence-corrected chi connectivity index (χ3v) is 3.15. The predicted molar refractivity (Wildman–Crippen MR) is 92.3 cm³/mol. The summed E-state index contributed by atoms with van der Waals surface area (Å²) in [5, 5.41) is 5.38. The van der Waals surface area contributed by atoms with Crippen LogP contribution in [0.15, 0.2) is 48.5 Å². The van der Waals surface area contributed by atoms with Gasteiger partial charge in [-0.25, -0.2) is 0 Å². The lowest BCUT2D eigenvalue weighted by Gasteiger charge is -2.10. The van der Waals surface area contributed by atoms with Crippen LogP contribution in [-0.4, -0.2) is 32.1 Å². The van der Waals surface area contributed by atoms with Crippen molar-refractivity contribution in [3.63, 3.8) is 0 Å². The molecule has 0 aliphatic heterocycles. The number of nitrogens with one attached hydrogen (secondary N) is 2. The van der Waals surface area contributed by atoms with E-state index in [-0.39, 0.29) is 25.0 Å². The molecule has 0 saturated heterocycles. The molecule has 0 heterocycles. The van der Waals surface area contributed by atoms with Gasteiger partial charge in [0.05, 0.1) is 12.8 Å². The first-order chi connectivity index (χ1) is 11.6. The van der Waals surface area contributed by atoms with E-state index in [4.69, 9.17) is 9.47 Å². The predicted octanol–water partition coefficient (Wildman–Crippen LogP) is 2.60. The Hall–Kier alpha value is -2.86. The van der Waals surface area contributed by atoms with Gasteiger partial charge in [0.15, 0.2) is 0 Å². The van der Waals surface area contributed by atoms with Crippen LogP contribution in [0.5, 0.6) is 5.75 Å². The Balaban J connectivity index is 1.75. The van der Waals surface area contributed by atoms with Crippen LogP contribution in [0.1, 0.15) is 5.56 Å². The average molecular weight is 328 g/mol. The smallest absolute Gasteiger partial charge is 0.250 e. The first-order valence-corrected chi connectivity index (χ1v) is 7.45. The first-order valence-electron chi connectivity index (χ1n) is 7.45. The number of carbonyl (C=O) groups excluding carboxylic acids is 2. The Kier molecular flexibility index (Phi) is 6.33. The third-order valence-electron chi connectivity index (χ3n) is 3.15. The Labute approximate surface area is 140 Å². The Morgan fingerprint density at radius 3 is 2.38 bits per heavy atom. The zero-order chi connectivity index (χ0) is 17.4. The van der Waals surface area contributed by atoms with Gasteiger partial charge in [0, 0.05) is 5.69 Å². The fraction of sp³-hybridized carbons (Fsp3) is 0.222. The normalized spacial score (nSPS) is 10.1. The fourth-order valence-corrected chi connectivity index (χ4v) is 2.09. The van der Waals surface area contributed by atoms with Gasteiger partial charge >= 0.3 is 0 Å². The van der Waals surface area contributed by atoms with Gasteiger partial charge in [-0.15, -0.1) is 0 Å². The minimum absolute atomic E-state index is 0.201. The molecule has 0 unspecified atom stereocenters. The summed E-state index contributed by atoms with van der Waals surface area (Å²) in [5.41, 5.74) is 2.30. The SMILES string of the molecule is COc1ccccc1NC(=O)COCC(=O)Nc1cccc(C)c1. The molecule has 2 aromatic carbocycles. The standard InChI is InChI=1S/C18H20N2O4/c1-13-6-5-7-14(10-13)19-17(21)11-24-12-18(22)20-15-8-3-4-9-16(15)23-2/h3-10H,11-12H2,1-2H3,(H,19,21)(H,20,22). The zero-order valence-corrected chi connectivity index (χ0v) is 13.7. The summed E-state index contributed by atoms with van der Waals surface area (Å²) >= 11 is 0. The summed E-state index contributed by atoms with van der Waals surface area (Å²) in [6, 6.07) is 14.5. The van der Waals surface area contributed by atoms with Crippen molar-refractivity contribution >= 4 is 23.2 Å². The number of anilines is 2. The number of aryl methyl sites for hydroxylation is 1. The van der Waals surface area contributed by atoms with Crippen LogP contribution in [0.25, 0.3) is 0 Å². The number of para-hydroxylation sites is 2. The Morgan fingerprint density at radius 1 is 0.958 bits per heavy atom. The van der Waals surface area contributed by atoms with Crippen molar-refractivity contribution in [1.82, 2.24) is 0 Å². The van der Waals surface area contributed by atoms with E-state index < -0.39 is 0 Å². The summed E-state index contributed by atoms with van der Waals surface area (Å²) in [4.78, 5) is 23.6. The fourth-order valence-electron chi connectivity index (χ4n) is 2.09. The molecule has 0 saturated carbocycles. The highest BCUT2D eigenvalue weighted by molar-refractivity contribution is 5.94. The molecule has 2 amide bonds. The van der Waals surface area contributed by atoms with Gasteiger partial charge < -0.3 is 20.1 Å². The molecule has 0 fully saturated rings. The number of carbonyl (C=O) groups is 2. The van der Waals surface area contributed by atoms with Gasteiger partial charge in [0.1, 0.15) is 19.0 Å². The van der Waals surface area contributed by atoms with Gasteiger partial charge in [-0.1, -0.05) is 24.3 Å². The highest BCUT2D eigenvalue weighted by atomic mass is 16.5. The van der Waals surface area contributed by atoms with Crippen molar-refractivity contribution in [2.24, 2.45) is 0 Å². The van der Waals surface area contributed by atoms with Crippen molar-refractivity contribution < 1.29 is 19.1 Å². The second-order valence-corrected chi connectivity index (χ2v) is 5.16. The van der Waals surface area contributed by atoms with Crippen molar-refractivity contribution in [2.45, 2.75) is 6.92 Å². The Morgan fingerprint density at radius 2 is 1.67 bits per heavy atom. The molecule has 0 aliphatic rings. The minimum atomic E-state index is -0.358. The molecule has 0 spiro atoms. The summed E-state index contributed by atoms with van der Waals surface area (Å²) in [7, 11) is 1.52. The van der Waals surface area contributed by atoms with Crippen LogP contribution >= 0.6 is 0 Å². The lowest BCUT2D eigenvalue weighted by atomic mass is 10.2. The molecule has 0 radical (unpaired) electrons. The Bertz CT molecular complexity index is 716. The maximum Gasteiger partial charge on any atom is 0.250 e. The topological polar surface area (TPSA) is 76.7 Å². The molecule has 24 heavy (non-hydrogen) atoms. The molecule has 2 N–H and O–H groups in total. The highest BCUT2D eigenvalue weighted by Gasteiger charge is 2.08. The second kappa shape index (κ2) is 8.69. The van der Waals surface area contributed by atoms with Crippen molar-refractivity contribution in [2.75, 3.05) is 31.0 Å². The first kappa shape index (κ1) is 17.5. The van der Waals surface area contributed by atoms with E-state index in [1.54, 1.807) is 30.3 Å². The van der Waals surface area contributed by atoms with Gasteiger partial charge in [0.2, 0.25) is 11.8 Å². The van der Waals surface area contributed by atoms with E-state index >= 15 is 0 Å². The summed E-state index contributed by atoms with van der Waals surface area (Å²) < 4.78 is 10.3. The molecule has 6 heteroatoms. The monoisotopic (exact) mass is 328 g/mol. The van der Waals surface area contributed by atoms with Gasteiger partial charge in [-0.3, -0.25) is 9.59 Å².